The van der Waals surface area contributed by atoms with E-state index in [1.807, 2.05) is 85.1 Å². The van der Waals surface area contributed by atoms with E-state index in [0.717, 1.165) is 43.7 Å². The van der Waals surface area contributed by atoms with E-state index in [4.69, 9.17) is 4.98 Å². The monoisotopic (exact) mass is 433 g/mol. The minimum Gasteiger partial charge on any atom is -0.324 e. The van der Waals surface area contributed by atoms with Crippen LogP contribution in [0, 0.1) is 13.8 Å². The van der Waals surface area contributed by atoms with Gasteiger partial charge in [0.25, 0.3) is 0 Å². The molecule has 28 heavy (non-hydrogen) atoms. The van der Waals surface area contributed by atoms with Crippen molar-refractivity contribution in [2.24, 2.45) is 0 Å². The predicted molar refractivity (Wildman–Crippen MR) is 117 cm³/mol. The molecule has 0 saturated heterocycles. The number of fused-ring (bicyclic) bond motifs is 1. The van der Waals surface area contributed by atoms with Crippen LogP contribution >= 0.6 is 15.9 Å². The highest BCUT2D eigenvalue weighted by Gasteiger charge is 2.16. The van der Waals surface area contributed by atoms with Crippen molar-refractivity contribution in [1.29, 1.82) is 0 Å². The summed E-state index contributed by atoms with van der Waals surface area (Å²) in [6.45, 7) is 4.25. The zero-order chi connectivity index (χ0) is 19.7. The summed E-state index contributed by atoms with van der Waals surface area (Å²) in [5, 5.41) is 3.05. The van der Waals surface area contributed by atoms with Gasteiger partial charge in [0, 0.05) is 15.7 Å². The molecule has 3 aromatic carbocycles. The van der Waals surface area contributed by atoms with Gasteiger partial charge < -0.3 is 9.88 Å². The summed E-state index contributed by atoms with van der Waals surface area (Å²) in [4.78, 5) is 17.6. The summed E-state index contributed by atoms with van der Waals surface area (Å²) in [5.41, 5.74) is 5.87. The van der Waals surface area contributed by atoms with E-state index in [2.05, 4.69) is 21.2 Å². The molecule has 0 saturated carbocycles. The maximum atomic E-state index is 12.9. The van der Waals surface area contributed by atoms with E-state index in [1.165, 1.54) is 0 Å². The smallest absolute Gasteiger partial charge is 0.244 e. The van der Waals surface area contributed by atoms with Gasteiger partial charge in [-0.3, -0.25) is 4.79 Å². The number of carbonyl (C=O) groups is 1. The number of imidazole rings is 1. The van der Waals surface area contributed by atoms with Gasteiger partial charge in [-0.1, -0.05) is 52.3 Å². The molecule has 4 aromatic rings. The number of rotatable bonds is 4. The van der Waals surface area contributed by atoms with Gasteiger partial charge in [0.05, 0.1) is 11.0 Å². The Bertz CT molecular complexity index is 1160. The molecule has 0 aliphatic carbocycles. The van der Waals surface area contributed by atoms with Gasteiger partial charge >= 0.3 is 0 Å². The van der Waals surface area contributed by atoms with Gasteiger partial charge in [0.15, 0.2) is 0 Å². The van der Waals surface area contributed by atoms with Gasteiger partial charge in [-0.15, -0.1) is 0 Å². The Hall–Kier alpha value is -2.92. The molecular formula is C23H20BrN3O. The number of amides is 1. The molecular weight excluding hydrogens is 414 g/mol. The Morgan fingerprint density at radius 3 is 2.54 bits per heavy atom. The quantitative estimate of drug-likeness (QED) is 0.447. The molecule has 0 fully saturated rings. The molecule has 140 valence electrons. The van der Waals surface area contributed by atoms with Gasteiger partial charge in [-0.2, -0.15) is 0 Å². The molecule has 1 amide bonds. The van der Waals surface area contributed by atoms with Crippen LogP contribution in [0.3, 0.4) is 0 Å². The van der Waals surface area contributed by atoms with Crippen molar-refractivity contribution in [3.63, 3.8) is 0 Å². The van der Waals surface area contributed by atoms with E-state index in [1.54, 1.807) is 0 Å². The minimum atomic E-state index is -0.0739. The van der Waals surface area contributed by atoms with Gasteiger partial charge in [-0.05, 0) is 55.3 Å². The summed E-state index contributed by atoms with van der Waals surface area (Å²) >= 11 is 3.47. The largest absolute Gasteiger partial charge is 0.324 e. The van der Waals surface area contributed by atoms with E-state index in [-0.39, 0.29) is 12.5 Å². The van der Waals surface area contributed by atoms with Crippen molar-refractivity contribution < 1.29 is 4.79 Å². The summed E-state index contributed by atoms with van der Waals surface area (Å²) in [5.74, 6) is 0.708. The molecule has 0 bridgehead atoms. The lowest BCUT2D eigenvalue weighted by molar-refractivity contribution is -0.116. The van der Waals surface area contributed by atoms with Crippen LogP contribution < -0.4 is 5.32 Å². The Morgan fingerprint density at radius 1 is 1.00 bits per heavy atom. The number of aryl methyl sites for hydroxylation is 1. The van der Waals surface area contributed by atoms with Crippen molar-refractivity contribution in [3.8, 4) is 11.4 Å². The first kappa shape index (κ1) is 18.4. The lowest BCUT2D eigenvalue weighted by atomic mass is 10.1. The maximum absolute atomic E-state index is 12.9. The Labute approximate surface area is 172 Å². The normalized spacial score (nSPS) is 11.0. The first-order valence-electron chi connectivity index (χ1n) is 9.10. The van der Waals surface area contributed by atoms with Crippen molar-refractivity contribution in [2.45, 2.75) is 20.4 Å². The summed E-state index contributed by atoms with van der Waals surface area (Å²) in [6, 6.07) is 21.8. The summed E-state index contributed by atoms with van der Waals surface area (Å²) < 4.78 is 2.98. The maximum Gasteiger partial charge on any atom is 0.244 e. The third kappa shape index (κ3) is 3.58. The Morgan fingerprint density at radius 2 is 1.75 bits per heavy atom. The SMILES string of the molecule is Cc1cccc(NC(=O)Cn2c(-c3ccc(Br)cc3)nc3ccccc32)c1C. The highest BCUT2D eigenvalue weighted by atomic mass is 79.9. The van der Waals surface area contributed by atoms with E-state index in [0.29, 0.717) is 0 Å². The van der Waals surface area contributed by atoms with Crippen molar-refractivity contribution in [3.05, 3.63) is 82.3 Å². The highest BCUT2D eigenvalue weighted by molar-refractivity contribution is 9.10. The van der Waals surface area contributed by atoms with E-state index < -0.39 is 0 Å². The van der Waals surface area contributed by atoms with Crippen LogP contribution in [0.4, 0.5) is 5.69 Å². The fourth-order valence-electron chi connectivity index (χ4n) is 3.27. The van der Waals surface area contributed by atoms with Crippen LogP contribution in [0.15, 0.2) is 71.2 Å². The third-order valence-corrected chi connectivity index (χ3v) is 5.47. The molecule has 0 spiro atoms. The second-order valence-electron chi connectivity index (χ2n) is 6.81. The van der Waals surface area contributed by atoms with Gasteiger partial charge in [0.1, 0.15) is 12.4 Å². The van der Waals surface area contributed by atoms with Crippen LogP contribution in [-0.2, 0) is 11.3 Å². The average molecular weight is 434 g/mol. The van der Waals surface area contributed by atoms with Crippen LogP contribution in [0.2, 0.25) is 0 Å². The van der Waals surface area contributed by atoms with Crippen LogP contribution in [0.25, 0.3) is 22.4 Å². The van der Waals surface area contributed by atoms with Crippen molar-refractivity contribution in [2.75, 3.05) is 5.32 Å². The molecule has 0 aliphatic rings. The molecule has 1 heterocycles. The number of aromatic nitrogens is 2. The molecule has 4 rings (SSSR count). The molecule has 0 unspecified atom stereocenters. The van der Waals surface area contributed by atoms with Gasteiger partial charge in [-0.25, -0.2) is 4.98 Å². The topological polar surface area (TPSA) is 46.9 Å². The zero-order valence-corrected chi connectivity index (χ0v) is 17.3. The molecule has 4 nitrogen and oxygen atoms in total. The first-order chi connectivity index (χ1) is 13.5. The molecule has 5 heteroatoms. The molecule has 1 aromatic heterocycles. The standard InChI is InChI=1S/C23H20BrN3O/c1-15-6-5-8-19(16(15)2)25-22(28)14-27-21-9-4-3-7-20(21)26-23(27)17-10-12-18(24)13-11-17/h3-13H,14H2,1-2H3,(H,25,28). The number of halogens is 1. The van der Waals surface area contributed by atoms with Crippen molar-refractivity contribution in [1.82, 2.24) is 9.55 Å². The molecule has 0 aliphatic heterocycles. The summed E-state index contributed by atoms with van der Waals surface area (Å²) in [6.07, 6.45) is 0. The average Bonchev–Trinajstić information content (AvgIpc) is 3.04. The lowest BCUT2D eigenvalue weighted by Crippen LogP contribution is -2.20. The third-order valence-electron chi connectivity index (χ3n) is 4.94. The number of anilines is 1. The van der Waals surface area contributed by atoms with Crippen LogP contribution in [-0.4, -0.2) is 15.5 Å². The number of benzene rings is 3. The zero-order valence-electron chi connectivity index (χ0n) is 15.7. The number of hydrogen-bond donors (Lipinski definition) is 1. The van der Waals surface area contributed by atoms with Crippen LogP contribution in [0.5, 0.6) is 0 Å². The fraction of sp³-hybridized carbons (Fsp3) is 0.130. The lowest BCUT2D eigenvalue weighted by Gasteiger charge is -2.13. The van der Waals surface area contributed by atoms with E-state index in [9.17, 15) is 4.79 Å². The first-order valence-corrected chi connectivity index (χ1v) is 9.89. The van der Waals surface area contributed by atoms with E-state index >= 15 is 0 Å². The predicted octanol–water partition coefficient (Wildman–Crippen LogP) is 5.72. The highest BCUT2D eigenvalue weighted by Crippen LogP contribution is 2.26. The molecule has 0 radical (unpaired) electrons. The number of carbonyl (C=O) groups excluding carboxylic acids is 1. The van der Waals surface area contributed by atoms with Crippen molar-refractivity contribution >= 4 is 38.6 Å². The fourth-order valence-corrected chi connectivity index (χ4v) is 3.54. The molecule has 0 atom stereocenters. The minimum absolute atomic E-state index is 0.0739. The summed E-state index contributed by atoms with van der Waals surface area (Å²) in [7, 11) is 0. The Kier molecular flexibility index (Phi) is 5.01. The second kappa shape index (κ2) is 7.60. The number of nitrogens with one attached hydrogen (secondary N) is 1. The number of para-hydroxylation sites is 2. The number of nitrogens with zero attached hydrogens (tertiary/aromatic N) is 2. The molecule has 1 N–H and O–H groups in total. The van der Waals surface area contributed by atoms with Gasteiger partial charge in [0.2, 0.25) is 5.91 Å². The number of hydrogen-bond acceptors (Lipinski definition) is 2. The second-order valence-corrected chi connectivity index (χ2v) is 7.73. The van der Waals surface area contributed by atoms with Crippen LogP contribution in [0.1, 0.15) is 11.1 Å². The Balaban J connectivity index is 1.71.